The van der Waals surface area contributed by atoms with Crippen molar-refractivity contribution in [2.45, 2.75) is 20.0 Å². The van der Waals surface area contributed by atoms with Crippen molar-refractivity contribution in [3.63, 3.8) is 0 Å². The van der Waals surface area contributed by atoms with Crippen molar-refractivity contribution >= 4 is 11.9 Å². The molecule has 1 heterocycles. The van der Waals surface area contributed by atoms with Crippen LogP contribution in [0.3, 0.4) is 0 Å². The van der Waals surface area contributed by atoms with E-state index in [0.29, 0.717) is 25.8 Å². The Labute approximate surface area is 173 Å². The van der Waals surface area contributed by atoms with Gasteiger partial charge in [0.15, 0.2) is 0 Å². The van der Waals surface area contributed by atoms with Crippen LogP contribution in [0.25, 0.3) is 11.1 Å². The molecule has 1 amide bonds. The molecule has 4 rings (SSSR count). The molecule has 3 aromatic rings. The summed E-state index contributed by atoms with van der Waals surface area (Å²) in [5, 5.41) is 0. The normalized spacial score (nSPS) is 13.3. The summed E-state index contributed by atoms with van der Waals surface area (Å²) in [5.74, 6) is -2.42. The number of nitrogens with zero attached hydrogens (tertiary/aromatic N) is 2. The van der Waals surface area contributed by atoms with Crippen molar-refractivity contribution in [1.82, 2.24) is 4.90 Å². The van der Waals surface area contributed by atoms with Gasteiger partial charge in [0, 0.05) is 24.7 Å². The number of rotatable bonds is 2. The molecule has 0 atom stereocenters. The molecule has 3 aromatic carbocycles. The van der Waals surface area contributed by atoms with E-state index in [1.54, 1.807) is 6.92 Å². The third kappa shape index (κ3) is 4.08. The molecule has 0 aromatic heterocycles. The average molecular weight is 406 g/mol. The fourth-order valence-electron chi connectivity index (χ4n) is 3.60. The maximum absolute atomic E-state index is 13.5. The van der Waals surface area contributed by atoms with Gasteiger partial charge in [-0.05, 0) is 41.3 Å². The minimum Gasteiger partial charge on any atom is -0.465 e. The highest BCUT2D eigenvalue weighted by Crippen LogP contribution is 2.32. The third-order valence-corrected chi connectivity index (χ3v) is 4.90. The number of carbonyl (C=O) groups excluding carboxylic acids is 1. The summed E-state index contributed by atoms with van der Waals surface area (Å²) < 4.78 is 32.7. The number of fused-ring (bicyclic) bond motifs is 3. The van der Waals surface area contributed by atoms with Crippen molar-refractivity contribution in [1.29, 1.82) is 0 Å². The van der Waals surface area contributed by atoms with E-state index in [1.807, 2.05) is 41.3 Å². The minimum absolute atomic E-state index is 0.124. The van der Waals surface area contributed by atoms with E-state index in [4.69, 9.17) is 4.74 Å². The van der Waals surface area contributed by atoms with Crippen molar-refractivity contribution in [3.8, 4) is 11.1 Å². The van der Waals surface area contributed by atoms with Crippen LogP contribution in [0, 0.1) is 11.6 Å². The fraction of sp³-hybridized carbons (Fsp3) is 0.167. The number of halogens is 2. The quantitative estimate of drug-likeness (QED) is 0.435. The number of carbonyl (C=O) groups is 1. The molecule has 1 aliphatic heterocycles. The summed E-state index contributed by atoms with van der Waals surface area (Å²) in [5.41, 5.74) is 4.20. The van der Waals surface area contributed by atoms with Crippen LogP contribution in [-0.2, 0) is 17.8 Å². The molecule has 0 saturated carbocycles. The summed E-state index contributed by atoms with van der Waals surface area (Å²) >= 11 is 0. The van der Waals surface area contributed by atoms with Crippen LogP contribution in [0.15, 0.2) is 71.7 Å². The molecule has 0 unspecified atom stereocenters. The lowest BCUT2D eigenvalue weighted by Gasteiger charge is -2.24. The Morgan fingerprint density at radius 1 is 0.933 bits per heavy atom. The molecule has 152 valence electrons. The van der Waals surface area contributed by atoms with Gasteiger partial charge in [0.2, 0.25) is 0 Å². The Hall–Kier alpha value is -3.54. The van der Waals surface area contributed by atoms with E-state index >= 15 is 0 Å². The monoisotopic (exact) mass is 406 g/mol. The van der Waals surface area contributed by atoms with E-state index in [-0.39, 0.29) is 11.6 Å². The van der Waals surface area contributed by atoms with Gasteiger partial charge in [-0.2, -0.15) is 4.99 Å². The first-order chi connectivity index (χ1) is 14.5. The van der Waals surface area contributed by atoms with Gasteiger partial charge in [-0.25, -0.2) is 8.78 Å². The second-order valence-corrected chi connectivity index (χ2v) is 6.96. The van der Waals surface area contributed by atoms with E-state index in [1.165, 1.54) is 0 Å². The van der Waals surface area contributed by atoms with Gasteiger partial charge in [-0.1, -0.05) is 48.5 Å². The number of amides is 1. The number of benzene rings is 3. The van der Waals surface area contributed by atoms with Crippen LogP contribution in [0.2, 0.25) is 0 Å². The molecule has 0 saturated heterocycles. The Bertz CT molecular complexity index is 1060. The van der Waals surface area contributed by atoms with Gasteiger partial charge in [0.25, 0.3) is 11.9 Å². The third-order valence-electron chi connectivity index (χ3n) is 4.90. The zero-order valence-corrected chi connectivity index (χ0v) is 16.4. The predicted octanol–water partition coefficient (Wildman–Crippen LogP) is 5.18. The highest BCUT2D eigenvalue weighted by molar-refractivity contribution is 6.01. The van der Waals surface area contributed by atoms with Crippen LogP contribution in [0.5, 0.6) is 0 Å². The standard InChI is InChI=1S/C24H20F2N2O2/c1-2-30-24(27-23(29)18-11-19(25)13-20(26)12-18)28-14-16-7-3-5-9-21(16)22-10-6-4-8-17(22)15-28/h3-13H,2,14-15H2,1H3. The number of hydrogen-bond donors (Lipinski definition) is 0. The molecule has 0 aliphatic carbocycles. The molecule has 6 heteroatoms. The summed E-state index contributed by atoms with van der Waals surface area (Å²) in [6.45, 7) is 3.05. The van der Waals surface area contributed by atoms with Crippen molar-refractivity contribution in [3.05, 3.63) is 95.1 Å². The van der Waals surface area contributed by atoms with E-state index in [2.05, 4.69) is 17.1 Å². The van der Waals surface area contributed by atoms with Gasteiger partial charge < -0.3 is 9.64 Å². The maximum atomic E-state index is 13.5. The zero-order chi connectivity index (χ0) is 21.1. The van der Waals surface area contributed by atoms with Crippen molar-refractivity contribution in [2.75, 3.05) is 6.61 Å². The molecule has 0 spiro atoms. The Kier molecular flexibility index (Phi) is 5.57. The predicted molar refractivity (Wildman–Crippen MR) is 111 cm³/mol. The molecule has 1 aliphatic rings. The molecule has 0 fully saturated rings. The summed E-state index contributed by atoms with van der Waals surface area (Å²) in [7, 11) is 0. The molecule has 0 bridgehead atoms. The summed E-state index contributed by atoms with van der Waals surface area (Å²) in [6, 6.07) is 18.9. The van der Waals surface area contributed by atoms with Gasteiger partial charge in [0.1, 0.15) is 11.6 Å². The summed E-state index contributed by atoms with van der Waals surface area (Å²) in [4.78, 5) is 18.6. The fourth-order valence-corrected chi connectivity index (χ4v) is 3.60. The van der Waals surface area contributed by atoms with Crippen molar-refractivity contribution in [2.24, 2.45) is 4.99 Å². The lowest BCUT2D eigenvalue weighted by atomic mass is 9.97. The molecule has 4 nitrogen and oxygen atoms in total. The van der Waals surface area contributed by atoms with Crippen LogP contribution < -0.4 is 0 Å². The Morgan fingerprint density at radius 2 is 1.47 bits per heavy atom. The first kappa shape index (κ1) is 19.8. The largest absolute Gasteiger partial charge is 0.465 e. The molecule has 0 N–H and O–H groups in total. The molecular formula is C24H20F2N2O2. The number of ether oxygens (including phenoxy) is 1. The van der Waals surface area contributed by atoms with Crippen LogP contribution in [0.4, 0.5) is 8.78 Å². The Balaban J connectivity index is 1.74. The summed E-state index contributed by atoms with van der Waals surface area (Å²) in [6.07, 6.45) is 0. The van der Waals surface area contributed by atoms with Gasteiger partial charge in [-0.3, -0.25) is 4.79 Å². The van der Waals surface area contributed by atoms with Crippen LogP contribution in [-0.4, -0.2) is 23.4 Å². The van der Waals surface area contributed by atoms with Crippen LogP contribution >= 0.6 is 0 Å². The van der Waals surface area contributed by atoms with Gasteiger partial charge in [0.05, 0.1) is 6.61 Å². The number of amidine groups is 1. The van der Waals surface area contributed by atoms with E-state index in [0.717, 1.165) is 34.4 Å². The number of aliphatic imine (C=N–C) groups is 1. The second kappa shape index (κ2) is 8.45. The highest BCUT2D eigenvalue weighted by atomic mass is 19.1. The Morgan fingerprint density at radius 3 is 2.00 bits per heavy atom. The topological polar surface area (TPSA) is 41.9 Å². The van der Waals surface area contributed by atoms with Crippen molar-refractivity contribution < 1.29 is 18.3 Å². The molecular weight excluding hydrogens is 386 g/mol. The number of hydrogen-bond acceptors (Lipinski definition) is 2. The lowest BCUT2D eigenvalue weighted by molar-refractivity contribution is 0.0992. The van der Waals surface area contributed by atoms with E-state index in [9.17, 15) is 13.6 Å². The zero-order valence-electron chi connectivity index (χ0n) is 16.4. The van der Waals surface area contributed by atoms with Crippen LogP contribution in [0.1, 0.15) is 28.4 Å². The SMILES string of the molecule is CCOC(=NC(=O)c1cc(F)cc(F)c1)N1Cc2ccccc2-c2ccccc2C1. The minimum atomic E-state index is -0.830. The van der Waals surface area contributed by atoms with E-state index < -0.39 is 17.5 Å². The average Bonchev–Trinajstić information content (AvgIpc) is 2.89. The smallest absolute Gasteiger partial charge is 0.296 e. The molecule has 0 radical (unpaired) electrons. The first-order valence-electron chi connectivity index (χ1n) is 9.68. The molecule has 30 heavy (non-hydrogen) atoms. The second-order valence-electron chi connectivity index (χ2n) is 6.96. The lowest BCUT2D eigenvalue weighted by Crippen LogP contribution is -2.32. The highest BCUT2D eigenvalue weighted by Gasteiger charge is 2.23. The first-order valence-corrected chi connectivity index (χ1v) is 9.68. The maximum Gasteiger partial charge on any atom is 0.296 e. The van der Waals surface area contributed by atoms with Gasteiger partial charge in [-0.15, -0.1) is 0 Å². The van der Waals surface area contributed by atoms with Gasteiger partial charge >= 0.3 is 0 Å².